The summed E-state index contributed by atoms with van der Waals surface area (Å²) >= 11 is 8.92. The van der Waals surface area contributed by atoms with Crippen molar-refractivity contribution in [2.45, 2.75) is 23.7 Å². The number of halogens is 3. The molecule has 1 amide bonds. The van der Waals surface area contributed by atoms with Crippen molar-refractivity contribution < 1.29 is 22.7 Å². The molecule has 3 N–H and O–H groups in total. The molecule has 2 aromatic rings. The Balaban J connectivity index is 2.09. The van der Waals surface area contributed by atoms with Gasteiger partial charge in [0.1, 0.15) is 4.90 Å². The quantitative estimate of drug-likeness (QED) is 0.607. The van der Waals surface area contributed by atoms with Gasteiger partial charge in [-0.15, -0.1) is 0 Å². The SMILES string of the molecule is CNC(=O)c1cc(C2CC2)cc(NS(=O)(=O)c2cc(Br)cc(Cl)c2O)c1F. The van der Waals surface area contributed by atoms with E-state index in [1.165, 1.54) is 25.2 Å². The molecule has 0 atom stereocenters. The number of rotatable bonds is 5. The van der Waals surface area contributed by atoms with Gasteiger partial charge >= 0.3 is 0 Å². The first-order valence-corrected chi connectivity index (χ1v) is 10.6. The molecule has 0 bridgehead atoms. The first-order chi connectivity index (χ1) is 12.6. The topological polar surface area (TPSA) is 95.5 Å². The van der Waals surface area contributed by atoms with Gasteiger partial charge in [0.2, 0.25) is 0 Å². The molecule has 1 aliphatic rings. The lowest BCUT2D eigenvalue weighted by molar-refractivity contribution is 0.0959. The van der Waals surface area contributed by atoms with Crippen molar-refractivity contribution in [3.8, 4) is 5.75 Å². The normalized spacial score (nSPS) is 14.1. The predicted molar refractivity (Wildman–Crippen MR) is 103 cm³/mol. The van der Waals surface area contributed by atoms with Crippen LogP contribution in [0.4, 0.5) is 10.1 Å². The molecule has 0 radical (unpaired) electrons. The van der Waals surface area contributed by atoms with E-state index < -0.39 is 32.4 Å². The van der Waals surface area contributed by atoms with Crippen molar-refractivity contribution >= 4 is 49.1 Å². The summed E-state index contributed by atoms with van der Waals surface area (Å²) in [5.74, 6) is -2.16. The van der Waals surface area contributed by atoms with Gasteiger partial charge in [-0.3, -0.25) is 9.52 Å². The number of phenolic OH excluding ortho intramolecular Hbond substituents is 1. The van der Waals surface area contributed by atoms with E-state index in [4.69, 9.17) is 11.6 Å². The first kappa shape index (κ1) is 19.9. The molecule has 0 saturated heterocycles. The van der Waals surface area contributed by atoms with Crippen molar-refractivity contribution in [2.24, 2.45) is 0 Å². The van der Waals surface area contributed by atoms with Crippen LogP contribution in [0.25, 0.3) is 0 Å². The number of carbonyl (C=O) groups excluding carboxylic acids is 1. The number of phenols is 1. The van der Waals surface area contributed by atoms with Gasteiger partial charge in [0, 0.05) is 11.5 Å². The molecule has 0 unspecified atom stereocenters. The Morgan fingerprint density at radius 1 is 1.30 bits per heavy atom. The van der Waals surface area contributed by atoms with Gasteiger partial charge < -0.3 is 10.4 Å². The molecule has 3 rings (SSSR count). The Bertz CT molecular complexity index is 1040. The lowest BCUT2D eigenvalue weighted by Gasteiger charge is -2.14. The van der Waals surface area contributed by atoms with E-state index in [1.807, 2.05) is 0 Å². The molecule has 1 fully saturated rings. The van der Waals surface area contributed by atoms with Crippen LogP contribution in [0.2, 0.25) is 5.02 Å². The van der Waals surface area contributed by atoms with Crippen molar-refractivity contribution in [1.29, 1.82) is 0 Å². The summed E-state index contributed by atoms with van der Waals surface area (Å²) < 4.78 is 42.7. The Morgan fingerprint density at radius 2 is 1.96 bits per heavy atom. The standard InChI is InChI=1S/C17H15BrClFN2O4S/c1-21-17(24)11-4-9(8-2-3-8)5-13(15(11)20)22-27(25,26)14-7-10(18)6-12(19)16(14)23/h4-8,22-23H,2-3H2,1H3,(H,21,24). The van der Waals surface area contributed by atoms with Crippen LogP contribution in [0.5, 0.6) is 5.75 Å². The van der Waals surface area contributed by atoms with E-state index in [1.54, 1.807) is 0 Å². The minimum absolute atomic E-state index is 0.158. The van der Waals surface area contributed by atoms with Gasteiger partial charge in [0.15, 0.2) is 11.6 Å². The fourth-order valence-corrected chi connectivity index (χ4v) is 4.83. The summed E-state index contributed by atoms with van der Waals surface area (Å²) in [5, 5.41) is 12.2. The number of anilines is 1. The van der Waals surface area contributed by atoms with Crippen LogP contribution in [0.15, 0.2) is 33.6 Å². The van der Waals surface area contributed by atoms with E-state index in [0.29, 0.717) is 10.0 Å². The van der Waals surface area contributed by atoms with Gasteiger partial charge in [-0.1, -0.05) is 27.5 Å². The molecule has 10 heteroatoms. The van der Waals surface area contributed by atoms with Crippen LogP contribution in [0.3, 0.4) is 0 Å². The molecule has 0 aliphatic heterocycles. The number of amides is 1. The summed E-state index contributed by atoms with van der Waals surface area (Å²) in [6.45, 7) is 0. The van der Waals surface area contributed by atoms with E-state index in [2.05, 4.69) is 26.0 Å². The zero-order valence-corrected chi connectivity index (χ0v) is 17.2. The maximum absolute atomic E-state index is 14.8. The molecule has 1 saturated carbocycles. The largest absolute Gasteiger partial charge is 0.505 e. The molecule has 6 nitrogen and oxygen atoms in total. The second-order valence-electron chi connectivity index (χ2n) is 6.12. The smallest absolute Gasteiger partial charge is 0.265 e. The van der Waals surface area contributed by atoms with Crippen molar-refractivity contribution in [2.75, 3.05) is 11.8 Å². The minimum Gasteiger partial charge on any atom is -0.505 e. The Morgan fingerprint density at radius 3 is 2.56 bits per heavy atom. The van der Waals surface area contributed by atoms with Gasteiger partial charge in [-0.2, -0.15) is 0 Å². The Kier molecular flexibility index (Phi) is 5.38. The molecule has 1 aliphatic carbocycles. The lowest BCUT2D eigenvalue weighted by atomic mass is 10.0. The van der Waals surface area contributed by atoms with Crippen LogP contribution in [0.1, 0.15) is 34.7 Å². The van der Waals surface area contributed by atoms with E-state index in [-0.39, 0.29) is 22.2 Å². The summed E-state index contributed by atoms with van der Waals surface area (Å²) in [5.41, 5.74) is 0.0498. The number of aromatic hydroxyl groups is 1. The van der Waals surface area contributed by atoms with Crippen LogP contribution in [-0.4, -0.2) is 26.5 Å². The molecular formula is C17H15BrClFN2O4S. The number of hydrogen-bond acceptors (Lipinski definition) is 4. The highest BCUT2D eigenvalue weighted by atomic mass is 79.9. The van der Waals surface area contributed by atoms with E-state index in [9.17, 15) is 22.7 Å². The Hall–Kier alpha value is -1.84. The number of benzene rings is 2. The van der Waals surface area contributed by atoms with Gasteiger partial charge in [0.25, 0.3) is 15.9 Å². The number of nitrogens with one attached hydrogen (secondary N) is 2. The first-order valence-electron chi connectivity index (χ1n) is 7.90. The van der Waals surface area contributed by atoms with Gasteiger partial charge in [-0.25, -0.2) is 12.8 Å². The average Bonchev–Trinajstić information content (AvgIpc) is 3.44. The lowest BCUT2D eigenvalue weighted by Crippen LogP contribution is -2.21. The average molecular weight is 478 g/mol. The van der Waals surface area contributed by atoms with Crippen molar-refractivity contribution in [3.05, 3.63) is 50.7 Å². The zero-order valence-electron chi connectivity index (χ0n) is 14.0. The van der Waals surface area contributed by atoms with E-state index >= 15 is 0 Å². The van der Waals surface area contributed by atoms with Gasteiger partial charge in [-0.05, 0) is 48.6 Å². The highest BCUT2D eigenvalue weighted by Gasteiger charge is 2.29. The maximum Gasteiger partial charge on any atom is 0.265 e. The zero-order chi connectivity index (χ0) is 19.9. The summed E-state index contributed by atoms with van der Waals surface area (Å²) in [6.07, 6.45) is 1.76. The third-order valence-corrected chi connectivity index (χ3v) is 6.27. The third-order valence-electron chi connectivity index (χ3n) is 4.14. The summed E-state index contributed by atoms with van der Waals surface area (Å²) in [7, 11) is -3.01. The van der Waals surface area contributed by atoms with Crippen LogP contribution < -0.4 is 10.0 Å². The summed E-state index contributed by atoms with van der Waals surface area (Å²) in [6, 6.07) is 5.27. The fraction of sp³-hybridized carbons (Fsp3) is 0.235. The number of carbonyl (C=O) groups is 1. The minimum atomic E-state index is -4.37. The maximum atomic E-state index is 14.8. The molecule has 144 valence electrons. The van der Waals surface area contributed by atoms with Crippen LogP contribution in [0, 0.1) is 5.82 Å². The van der Waals surface area contributed by atoms with E-state index in [0.717, 1.165) is 18.9 Å². The molecule has 0 aromatic heterocycles. The van der Waals surface area contributed by atoms with Crippen molar-refractivity contribution in [3.63, 3.8) is 0 Å². The second kappa shape index (κ2) is 7.29. The van der Waals surface area contributed by atoms with Crippen molar-refractivity contribution in [1.82, 2.24) is 5.32 Å². The van der Waals surface area contributed by atoms with Crippen LogP contribution in [-0.2, 0) is 10.0 Å². The number of hydrogen-bond donors (Lipinski definition) is 3. The number of sulfonamides is 1. The third kappa shape index (κ3) is 4.04. The fourth-order valence-electron chi connectivity index (χ4n) is 2.62. The highest BCUT2D eigenvalue weighted by molar-refractivity contribution is 9.10. The summed E-state index contributed by atoms with van der Waals surface area (Å²) in [4.78, 5) is 11.5. The molecule has 2 aromatic carbocycles. The second-order valence-corrected chi connectivity index (χ2v) is 9.10. The predicted octanol–water partition coefficient (Wildman–Crippen LogP) is 3.99. The molecular weight excluding hydrogens is 463 g/mol. The Labute approximate surface area is 168 Å². The van der Waals surface area contributed by atoms with Crippen LogP contribution >= 0.6 is 27.5 Å². The molecule has 0 spiro atoms. The molecule has 0 heterocycles. The van der Waals surface area contributed by atoms with Gasteiger partial charge in [0.05, 0.1) is 16.3 Å². The molecule has 27 heavy (non-hydrogen) atoms. The monoisotopic (exact) mass is 476 g/mol. The highest BCUT2D eigenvalue weighted by Crippen LogP contribution is 2.42.